The Hall–Kier alpha value is -0.850. The Bertz CT molecular complexity index is 498. The first-order valence-electron chi connectivity index (χ1n) is 6.37. The van der Waals surface area contributed by atoms with Crippen LogP contribution in [0.1, 0.15) is 18.2 Å². The molecule has 0 saturated heterocycles. The van der Waals surface area contributed by atoms with Crippen LogP contribution in [0.5, 0.6) is 5.75 Å². The van der Waals surface area contributed by atoms with E-state index >= 15 is 0 Å². The highest BCUT2D eigenvalue weighted by atomic mass is 79.9. The summed E-state index contributed by atoms with van der Waals surface area (Å²) in [6.45, 7) is 5.44. The number of hydrogen-bond acceptors (Lipinski definition) is 4. The predicted molar refractivity (Wildman–Crippen MR) is 81.7 cm³/mol. The number of nitrogens with zero attached hydrogens (tertiary/aromatic N) is 2. The van der Waals surface area contributed by atoms with Gasteiger partial charge >= 0.3 is 0 Å². The maximum absolute atomic E-state index is 5.62. The number of thiophene rings is 1. The van der Waals surface area contributed by atoms with Crippen molar-refractivity contribution in [1.82, 2.24) is 15.1 Å². The summed E-state index contributed by atoms with van der Waals surface area (Å²) in [5.41, 5.74) is 0. The molecule has 2 heterocycles. The molecule has 104 valence electrons. The molecular formula is C13H18BrN3OS. The highest BCUT2D eigenvalue weighted by Gasteiger charge is 1.99. The first kappa shape index (κ1) is 14.6. The maximum atomic E-state index is 5.62. The number of ether oxygens (including phenoxy) is 1. The van der Waals surface area contributed by atoms with Crippen molar-refractivity contribution in [2.75, 3.05) is 13.2 Å². The average Bonchev–Trinajstić information content (AvgIpc) is 2.99. The normalized spacial score (nSPS) is 10.8. The second kappa shape index (κ2) is 7.67. The zero-order valence-corrected chi connectivity index (χ0v) is 13.3. The lowest BCUT2D eigenvalue weighted by atomic mass is 10.4. The molecule has 6 heteroatoms. The molecule has 0 fully saturated rings. The minimum absolute atomic E-state index is 0.657. The highest BCUT2D eigenvalue weighted by Crippen LogP contribution is 2.19. The van der Waals surface area contributed by atoms with Crippen LogP contribution >= 0.6 is 27.3 Å². The number of hydrogen-bond donors (Lipinski definition) is 1. The lowest BCUT2D eigenvalue weighted by Crippen LogP contribution is -2.19. The molecule has 0 bridgehead atoms. The Labute approximate surface area is 125 Å². The van der Waals surface area contributed by atoms with Gasteiger partial charge in [-0.1, -0.05) is 6.92 Å². The first-order valence-corrected chi connectivity index (χ1v) is 8.04. The fourth-order valence-electron chi connectivity index (χ4n) is 1.67. The molecule has 0 amide bonds. The quantitative estimate of drug-likeness (QED) is 0.747. The molecule has 0 aliphatic rings. The summed E-state index contributed by atoms with van der Waals surface area (Å²) in [5.74, 6) is 0.842. The molecule has 0 aromatic carbocycles. The van der Waals surface area contributed by atoms with Crippen LogP contribution in [0, 0.1) is 0 Å². The standard InChI is InChI=1S/C13H18BrN3OS/c1-2-4-17-9-12(7-16-17)18-5-3-15-8-13-6-11(14)10-19-13/h6-7,9-10,15H,2-5,8H2,1H3. The van der Waals surface area contributed by atoms with Crippen LogP contribution < -0.4 is 10.1 Å². The monoisotopic (exact) mass is 343 g/mol. The Balaban J connectivity index is 1.61. The molecule has 2 aromatic heterocycles. The summed E-state index contributed by atoms with van der Waals surface area (Å²) in [6, 6.07) is 2.13. The minimum atomic E-state index is 0.657. The van der Waals surface area contributed by atoms with Gasteiger partial charge in [0, 0.05) is 34.4 Å². The van der Waals surface area contributed by atoms with Crippen molar-refractivity contribution in [1.29, 1.82) is 0 Å². The zero-order valence-electron chi connectivity index (χ0n) is 10.9. The minimum Gasteiger partial charge on any atom is -0.489 e. The number of nitrogens with one attached hydrogen (secondary N) is 1. The molecular weight excluding hydrogens is 326 g/mol. The van der Waals surface area contributed by atoms with Crippen molar-refractivity contribution >= 4 is 27.3 Å². The Morgan fingerprint density at radius 1 is 1.53 bits per heavy atom. The van der Waals surface area contributed by atoms with Crippen LogP contribution in [0.25, 0.3) is 0 Å². The van der Waals surface area contributed by atoms with E-state index in [9.17, 15) is 0 Å². The van der Waals surface area contributed by atoms with E-state index in [0.29, 0.717) is 6.61 Å². The predicted octanol–water partition coefficient (Wildman–Crippen LogP) is 3.29. The second-order valence-electron chi connectivity index (χ2n) is 4.20. The maximum Gasteiger partial charge on any atom is 0.157 e. The van der Waals surface area contributed by atoms with Crippen LogP contribution in [0.15, 0.2) is 28.3 Å². The fraction of sp³-hybridized carbons (Fsp3) is 0.462. The van der Waals surface area contributed by atoms with Gasteiger partial charge in [-0.2, -0.15) is 5.10 Å². The van der Waals surface area contributed by atoms with E-state index in [4.69, 9.17) is 4.74 Å². The van der Waals surface area contributed by atoms with Crippen molar-refractivity contribution in [3.63, 3.8) is 0 Å². The van der Waals surface area contributed by atoms with Gasteiger partial charge in [0.15, 0.2) is 5.75 Å². The lowest BCUT2D eigenvalue weighted by Gasteiger charge is -2.04. The third kappa shape index (κ3) is 4.97. The lowest BCUT2D eigenvalue weighted by molar-refractivity contribution is 0.313. The van der Waals surface area contributed by atoms with E-state index in [1.807, 2.05) is 10.9 Å². The van der Waals surface area contributed by atoms with Crippen molar-refractivity contribution in [3.8, 4) is 5.75 Å². The van der Waals surface area contributed by atoms with Gasteiger partial charge in [-0.05, 0) is 28.4 Å². The summed E-state index contributed by atoms with van der Waals surface area (Å²) in [4.78, 5) is 1.32. The molecule has 0 spiro atoms. The van der Waals surface area contributed by atoms with Crippen LogP contribution in [-0.4, -0.2) is 22.9 Å². The molecule has 1 N–H and O–H groups in total. The number of aryl methyl sites for hydroxylation is 1. The molecule has 0 radical (unpaired) electrons. The van der Waals surface area contributed by atoms with Gasteiger partial charge < -0.3 is 10.1 Å². The third-order valence-corrected chi connectivity index (χ3v) is 4.23. The van der Waals surface area contributed by atoms with Gasteiger partial charge in [-0.3, -0.25) is 4.68 Å². The molecule has 2 rings (SSSR count). The third-order valence-electron chi connectivity index (χ3n) is 2.53. The molecule has 0 aliphatic heterocycles. The summed E-state index contributed by atoms with van der Waals surface area (Å²) in [7, 11) is 0. The van der Waals surface area contributed by atoms with E-state index in [0.717, 1.165) is 36.3 Å². The number of rotatable bonds is 8. The topological polar surface area (TPSA) is 39.1 Å². The summed E-state index contributed by atoms with van der Waals surface area (Å²) in [5, 5.41) is 9.67. The first-order chi connectivity index (χ1) is 9.28. The van der Waals surface area contributed by atoms with Crippen LogP contribution in [0.3, 0.4) is 0 Å². The SMILES string of the molecule is CCCn1cc(OCCNCc2cc(Br)cs2)cn1. The van der Waals surface area contributed by atoms with Gasteiger partial charge in [0.2, 0.25) is 0 Å². The van der Waals surface area contributed by atoms with Crippen LogP contribution in [0.2, 0.25) is 0 Å². The second-order valence-corrected chi connectivity index (χ2v) is 6.11. The molecule has 0 saturated carbocycles. The molecule has 0 atom stereocenters. The fourth-order valence-corrected chi connectivity index (χ4v) is 3.09. The van der Waals surface area contributed by atoms with E-state index in [2.05, 4.69) is 44.7 Å². The van der Waals surface area contributed by atoms with Gasteiger partial charge in [-0.25, -0.2) is 0 Å². The Morgan fingerprint density at radius 3 is 3.16 bits per heavy atom. The molecule has 4 nitrogen and oxygen atoms in total. The van der Waals surface area contributed by atoms with Crippen molar-refractivity contribution in [2.24, 2.45) is 0 Å². The summed E-state index contributed by atoms with van der Waals surface area (Å²) in [6.07, 6.45) is 4.80. The van der Waals surface area contributed by atoms with E-state index < -0.39 is 0 Å². The highest BCUT2D eigenvalue weighted by molar-refractivity contribution is 9.10. The number of halogens is 1. The van der Waals surface area contributed by atoms with Gasteiger partial charge in [0.25, 0.3) is 0 Å². The Morgan fingerprint density at radius 2 is 2.42 bits per heavy atom. The molecule has 0 aliphatic carbocycles. The van der Waals surface area contributed by atoms with Crippen molar-refractivity contribution in [2.45, 2.75) is 26.4 Å². The van der Waals surface area contributed by atoms with Crippen LogP contribution in [-0.2, 0) is 13.1 Å². The zero-order chi connectivity index (χ0) is 13.5. The van der Waals surface area contributed by atoms with Gasteiger partial charge in [0.1, 0.15) is 6.61 Å². The van der Waals surface area contributed by atoms with E-state index in [1.54, 1.807) is 17.5 Å². The van der Waals surface area contributed by atoms with Crippen LogP contribution in [0.4, 0.5) is 0 Å². The summed E-state index contributed by atoms with van der Waals surface area (Å²) >= 11 is 5.20. The molecule has 0 unspecified atom stereocenters. The number of aromatic nitrogens is 2. The molecule has 2 aromatic rings. The summed E-state index contributed by atoms with van der Waals surface area (Å²) < 4.78 is 8.68. The van der Waals surface area contributed by atoms with Gasteiger partial charge in [0.05, 0.1) is 12.4 Å². The van der Waals surface area contributed by atoms with Crippen molar-refractivity contribution in [3.05, 3.63) is 33.2 Å². The van der Waals surface area contributed by atoms with E-state index in [-0.39, 0.29) is 0 Å². The van der Waals surface area contributed by atoms with Gasteiger partial charge in [-0.15, -0.1) is 11.3 Å². The van der Waals surface area contributed by atoms with Crippen molar-refractivity contribution < 1.29 is 4.74 Å². The molecule has 19 heavy (non-hydrogen) atoms. The largest absolute Gasteiger partial charge is 0.489 e. The van der Waals surface area contributed by atoms with E-state index in [1.165, 1.54) is 4.88 Å². The average molecular weight is 344 g/mol. The smallest absolute Gasteiger partial charge is 0.157 e. The Kier molecular flexibility index (Phi) is 5.88.